The van der Waals surface area contributed by atoms with Crippen molar-refractivity contribution in [2.75, 3.05) is 0 Å². The Morgan fingerprint density at radius 1 is 1.32 bits per heavy atom. The number of H-pyrrole nitrogens is 1. The topological polar surface area (TPSA) is 99.3 Å². The summed E-state index contributed by atoms with van der Waals surface area (Å²) < 4.78 is 13.3. The van der Waals surface area contributed by atoms with Gasteiger partial charge >= 0.3 is 6.09 Å². The molecule has 0 saturated heterocycles. The van der Waals surface area contributed by atoms with Crippen LogP contribution in [-0.2, 0) is 4.79 Å². The monoisotopic (exact) mass is 304 g/mol. The molecule has 7 heteroatoms. The van der Waals surface area contributed by atoms with Gasteiger partial charge in [-0.1, -0.05) is 24.3 Å². The third kappa shape index (κ3) is 3.57. The fourth-order valence-corrected chi connectivity index (χ4v) is 2.05. The molecule has 0 bridgehead atoms. The molecule has 2 aromatic rings. The summed E-state index contributed by atoms with van der Waals surface area (Å²) in [5.74, 6) is -0.882. The van der Waals surface area contributed by atoms with Gasteiger partial charge in [0.1, 0.15) is 6.29 Å². The molecule has 0 aliphatic rings. The van der Waals surface area contributed by atoms with Crippen molar-refractivity contribution in [3.8, 4) is 11.1 Å². The van der Waals surface area contributed by atoms with Crippen LogP contribution < -0.4 is 10.9 Å². The average molecular weight is 304 g/mol. The van der Waals surface area contributed by atoms with Crippen LogP contribution in [0, 0.1) is 5.82 Å². The number of aldehydes is 1. The third-order valence-electron chi connectivity index (χ3n) is 3.13. The number of carbonyl (C=O) groups excluding carboxylic acids is 1. The molecule has 1 heterocycles. The minimum absolute atomic E-state index is 0.0128. The second kappa shape index (κ2) is 6.66. The highest BCUT2D eigenvalue weighted by molar-refractivity contribution is 5.67. The molecule has 0 spiro atoms. The van der Waals surface area contributed by atoms with Crippen molar-refractivity contribution in [1.29, 1.82) is 0 Å². The molecule has 114 valence electrons. The zero-order chi connectivity index (χ0) is 16.1. The zero-order valence-corrected chi connectivity index (χ0v) is 11.4. The number of pyridine rings is 1. The quantitative estimate of drug-likeness (QED) is 0.736. The van der Waals surface area contributed by atoms with Crippen LogP contribution in [0.15, 0.2) is 41.3 Å². The van der Waals surface area contributed by atoms with Crippen molar-refractivity contribution in [3.63, 3.8) is 0 Å². The number of hydrogen-bond acceptors (Lipinski definition) is 3. The van der Waals surface area contributed by atoms with E-state index in [2.05, 4.69) is 10.3 Å². The average Bonchev–Trinajstić information content (AvgIpc) is 2.49. The smallest absolute Gasteiger partial charge is 0.405 e. The summed E-state index contributed by atoms with van der Waals surface area (Å²) in [6, 6.07) is 7.07. The molecule has 1 aromatic carbocycles. The zero-order valence-electron chi connectivity index (χ0n) is 11.4. The van der Waals surface area contributed by atoms with Crippen LogP contribution in [0.2, 0.25) is 0 Å². The molecule has 1 unspecified atom stereocenters. The standard InChI is InChI=1S/C15H13FN2O4/c16-12-7-11(8-17-14(12)20)9-1-3-10(4-2-9)13(5-6-19)18-15(21)22/h1-4,6-8,13,18H,5H2,(H,17,20)(H,21,22). The molecular formula is C15H13FN2O4. The van der Waals surface area contributed by atoms with Crippen molar-refractivity contribution < 1.29 is 19.1 Å². The van der Waals surface area contributed by atoms with Gasteiger partial charge in [-0.05, 0) is 17.2 Å². The number of nitrogens with one attached hydrogen (secondary N) is 2. The van der Waals surface area contributed by atoms with Crippen LogP contribution in [0.5, 0.6) is 0 Å². The summed E-state index contributed by atoms with van der Waals surface area (Å²) in [4.78, 5) is 34.6. The van der Waals surface area contributed by atoms with Gasteiger partial charge in [-0.3, -0.25) is 4.79 Å². The van der Waals surface area contributed by atoms with Gasteiger partial charge in [-0.25, -0.2) is 9.18 Å². The Bertz CT molecular complexity index is 740. The number of halogens is 1. The highest BCUT2D eigenvalue weighted by Gasteiger charge is 2.13. The van der Waals surface area contributed by atoms with E-state index in [4.69, 9.17) is 5.11 Å². The number of amides is 1. The lowest BCUT2D eigenvalue weighted by atomic mass is 10.0. The summed E-state index contributed by atoms with van der Waals surface area (Å²) in [6.07, 6.45) is 0.808. The molecule has 1 amide bonds. The molecule has 2 rings (SSSR count). The molecule has 1 atom stereocenters. The number of aromatic nitrogens is 1. The third-order valence-corrected chi connectivity index (χ3v) is 3.13. The van der Waals surface area contributed by atoms with Crippen LogP contribution in [0.4, 0.5) is 9.18 Å². The van der Waals surface area contributed by atoms with E-state index in [0.717, 1.165) is 6.07 Å². The van der Waals surface area contributed by atoms with Gasteiger partial charge in [0.2, 0.25) is 0 Å². The van der Waals surface area contributed by atoms with Gasteiger partial charge in [0.05, 0.1) is 6.04 Å². The van der Waals surface area contributed by atoms with Crippen molar-refractivity contribution >= 4 is 12.4 Å². The van der Waals surface area contributed by atoms with E-state index in [0.29, 0.717) is 23.0 Å². The van der Waals surface area contributed by atoms with Crippen LogP contribution in [0.3, 0.4) is 0 Å². The first-order chi connectivity index (χ1) is 10.5. The maximum Gasteiger partial charge on any atom is 0.405 e. The number of rotatable bonds is 5. The minimum Gasteiger partial charge on any atom is -0.465 e. The molecule has 0 aliphatic carbocycles. The number of aromatic amines is 1. The van der Waals surface area contributed by atoms with E-state index in [1.54, 1.807) is 24.3 Å². The van der Waals surface area contributed by atoms with Crippen LogP contribution in [0.25, 0.3) is 11.1 Å². The Hall–Kier alpha value is -2.96. The van der Waals surface area contributed by atoms with Gasteiger partial charge in [-0.2, -0.15) is 0 Å². The summed E-state index contributed by atoms with van der Waals surface area (Å²) in [5, 5.41) is 11.0. The van der Waals surface area contributed by atoms with E-state index in [-0.39, 0.29) is 6.42 Å². The van der Waals surface area contributed by atoms with Crippen molar-refractivity contribution in [2.24, 2.45) is 0 Å². The summed E-state index contributed by atoms with van der Waals surface area (Å²) in [5.41, 5.74) is 0.959. The SMILES string of the molecule is O=CCC(NC(=O)O)c1ccc(-c2c[nH]c(=O)c(F)c2)cc1. The van der Waals surface area contributed by atoms with Gasteiger partial charge < -0.3 is 20.2 Å². The van der Waals surface area contributed by atoms with E-state index < -0.39 is 23.5 Å². The highest BCUT2D eigenvalue weighted by atomic mass is 19.1. The second-order valence-electron chi connectivity index (χ2n) is 4.59. The van der Waals surface area contributed by atoms with E-state index in [1.807, 2.05) is 0 Å². The van der Waals surface area contributed by atoms with Gasteiger partial charge in [-0.15, -0.1) is 0 Å². The summed E-state index contributed by atoms with van der Waals surface area (Å²) in [6.45, 7) is 0. The predicted molar refractivity (Wildman–Crippen MR) is 77.0 cm³/mol. The summed E-state index contributed by atoms with van der Waals surface area (Å²) >= 11 is 0. The van der Waals surface area contributed by atoms with E-state index >= 15 is 0 Å². The Balaban J connectivity index is 2.28. The fraction of sp³-hybridized carbons (Fsp3) is 0.133. The molecule has 0 radical (unpaired) electrons. The summed E-state index contributed by atoms with van der Waals surface area (Å²) in [7, 11) is 0. The first kappa shape index (κ1) is 15.4. The second-order valence-corrected chi connectivity index (χ2v) is 4.59. The Labute approximate surface area is 124 Å². The minimum atomic E-state index is -1.22. The lowest BCUT2D eigenvalue weighted by Crippen LogP contribution is -2.26. The largest absolute Gasteiger partial charge is 0.465 e. The molecule has 0 saturated carbocycles. The molecule has 1 aromatic heterocycles. The first-order valence-corrected chi connectivity index (χ1v) is 6.43. The fourth-order valence-electron chi connectivity index (χ4n) is 2.05. The Kier molecular flexibility index (Phi) is 4.67. The maximum absolute atomic E-state index is 13.3. The number of benzene rings is 1. The van der Waals surface area contributed by atoms with Gasteiger partial charge in [0.25, 0.3) is 5.56 Å². The molecule has 22 heavy (non-hydrogen) atoms. The van der Waals surface area contributed by atoms with Gasteiger partial charge in [0, 0.05) is 18.2 Å². The molecule has 0 aliphatic heterocycles. The number of carbonyl (C=O) groups is 2. The Morgan fingerprint density at radius 3 is 2.55 bits per heavy atom. The Morgan fingerprint density at radius 2 is 2.00 bits per heavy atom. The normalized spacial score (nSPS) is 11.7. The molecule has 3 N–H and O–H groups in total. The predicted octanol–water partition coefficient (Wildman–Crippen LogP) is 2.08. The number of carboxylic acid groups (broad SMARTS) is 1. The van der Waals surface area contributed by atoms with E-state index in [1.165, 1.54) is 6.20 Å². The first-order valence-electron chi connectivity index (χ1n) is 6.43. The molecule has 6 nitrogen and oxygen atoms in total. The van der Waals surface area contributed by atoms with Gasteiger partial charge in [0.15, 0.2) is 5.82 Å². The van der Waals surface area contributed by atoms with Crippen molar-refractivity contribution in [2.45, 2.75) is 12.5 Å². The number of hydrogen-bond donors (Lipinski definition) is 3. The molecule has 0 fully saturated rings. The lowest BCUT2D eigenvalue weighted by Gasteiger charge is -2.15. The van der Waals surface area contributed by atoms with Crippen LogP contribution in [0.1, 0.15) is 18.0 Å². The lowest BCUT2D eigenvalue weighted by molar-refractivity contribution is -0.108. The van der Waals surface area contributed by atoms with Crippen molar-refractivity contribution in [1.82, 2.24) is 10.3 Å². The highest BCUT2D eigenvalue weighted by Crippen LogP contribution is 2.22. The van der Waals surface area contributed by atoms with Crippen LogP contribution >= 0.6 is 0 Å². The van der Waals surface area contributed by atoms with Crippen molar-refractivity contribution in [3.05, 3.63) is 58.3 Å². The van der Waals surface area contributed by atoms with E-state index in [9.17, 15) is 18.8 Å². The maximum atomic E-state index is 13.3. The van der Waals surface area contributed by atoms with Crippen LogP contribution in [-0.4, -0.2) is 22.5 Å². The molecular weight excluding hydrogens is 291 g/mol.